The Morgan fingerprint density at radius 2 is 1.70 bits per heavy atom. The van der Waals surface area contributed by atoms with E-state index >= 15 is 0 Å². The summed E-state index contributed by atoms with van der Waals surface area (Å²) in [5, 5.41) is 5.55. The number of benzene rings is 3. The van der Waals surface area contributed by atoms with E-state index in [9.17, 15) is 4.79 Å². The normalized spacial score (nSPS) is 10.5. The SMILES string of the molecule is O=C(COc1ccc2cc(Br)ccc2c1)Nc1ccc(Cl)cc1. The summed E-state index contributed by atoms with van der Waals surface area (Å²) in [7, 11) is 0. The molecule has 0 aliphatic carbocycles. The summed E-state index contributed by atoms with van der Waals surface area (Å²) in [6, 6.07) is 18.7. The van der Waals surface area contributed by atoms with Crippen molar-refractivity contribution >= 4 is 49.9 Å². The zero-order chi connectivity index (χ0) is 16.2. The molecule has 1 amide bonds. The molecule has 116 valence electrons. The summed E-state index contributed by atoms with van der Waals surface area (Å²) in [6.45, 7) is -0.0509. The molecule has 3 aromatic rings. The van der Waals surface area contributed by atoms with E-state index in [-0.39, 0.29) is 12.5 Å². The predicted octanol–water partition coefficient (Wildman–Crippen LogP) is 5.27. The molecule has 0 unspecified atom stereocenters. The van der Waals surface area contributed by atoms with Crippen LogP contribution < -0.4 is 10.1 Å². The highest BCUT2D eigenvalue weighted by Gasteiger charge is 2.05. The van der Waals surface area contributed by atoms with Gasteiger partial charge in [-0.15, -0.1) is 0 Å². The Labute approximate surface area is 147 Å². The largest absolute Gasteiger partial charge is 0.484 e. The fourth-order valence-corrected chi connectivity index (χ4v) is 2.67. The van der Waals surface area contributed by atoms with Gasteiger partial charge in [0.1, 0.15) is 5.75 Å². The van der Waals surface area contributed by atoms with Crippen molar-refractivity contribution in [2.75, 3.05) is 11.9 Å². The number of amides is 1. The quantitative estimate of drug-likeness (QED) is 0.659. The van der Waals surface area contributed by atoms with Crippen LogP contribution >= 0.6 is 27.5 Å². The lowest BCUT2D eigenvalue weighted by Gasteiger charge is -2.08. The summed E-state index contributed by atoms with van der Waals surface area (Å²) >= 11 is 9.25. The van der Waals surface area contributed by atoms with Crippen LogP contribution in [0.5, 0.6) is 5.75 Å². The first-order valence-corrected chi connectivity index (χ1v) is 8.15. The first-order valence-electron chi connectivity index (χ1n) is 6.98. The smallest absolute Gasteiger partial charge is 0.262 e. The Kier molecular flexibility index (Phi) is 4.84. The van der Waals surface area contributed by atoms with Gasteiger partial charge in [-0.1, -0.05) is 39.7 Å². The van der Waals surface area contributed by atoms with E-state index in [1.807, 2.05) is 36.4 Å². The second-order valence-electron chi connectivity index (χ2n) is 5.00. The molecule has 0 saturated carbocycles. The van der Waals surface area contributed by atoms with Crippen LogP contribution in [0.3, 0.4) is 0 Å². The van der Waals surface area contributed by atoms with Crippen LogP contribution in [0.25, 0.3) is 10.8 Å². The van der Waals surface area contributed by atoms with Gasteiger partial charge in [0, 0.05) is 15.2 Å². The first-order chi connectivity index (χ1) is 11.1. The maximum absolute atomic E-state index is 11.9. The van der Waals surface area contributed by atoms with E-state index in [0.29, 0.717) is 16.5 Å². The zero-order valence-corrected chi connectivity index (χ0v) is 14.4. The number of carbonyl (C=O) groups excluding carboxylic acids is 1. The third-order valence-corrected chi connectivity index (χ3v) is 4.02. The number of anilines is 1. The fraction of sp³-hybridized carbons (Fsp3) is 0.0556. The molecule has 5 heteroatoms. The molecule has 0 atom stereocenters. The van der Waals surface area contributed by atoms with Crippen LogP contribution in [-0.2, 0) is 4.79 Å². The van der Waals surface area contributed by atoms with Gasteiger partial charge in [0.05, 0.1) is 0 Å². The van der Waals surface area contributed by atoms with Gasteiger partial charge in [0.25, 0.3) is 5.91 Å². The third-order valence-electron chi connectivity index (χ3n) is 3.27. The Morgan fingerprint density at radius 1 is 1.00 bits per heavy atom. The summed E-state index contributed by atoms with van der Waals surface area (Å²) in [5.41, 5.74) is 0.686. The maximum atomic E-state index is 11.9. The van der Waals surface area contributed by atoms with Crippen molar-refractivity contribution in [2.45, 2.75) is 0 Å². The Bertz CT molecular complexity index is 849. The van der Waals surface area contributed by atoms with Crippen molar-refractivity contribution in [1.29, 1.82) is 0 Å². The van der Waals surface area contributed by atoms with E-state index in [0.717, 1.165) is 15.2 Å². The molecule has 0 spiro atoms. The predicted molar refractivity (Wildman–Crippen MR) is 97.2 cm³/mol. The van der Waals surface area contributed by atoms with Crippen molar-refractivity contribution in [3.8, 4) is 5.75 Å². The average molecular weight is 391 g/mol. The lowest BCUT2D eigenvalue weighted by atomic mass is 10.1. The Hall–Kier alpha value is -2.04. The molecular formula is C18H13BrClNO2. The summed E-state index contributed by atoms with van der Waals surface area (Å²) in [4.78, 5) is 11.9. The van der Waals surface area contributed by atoms with Crippen molar-refractivity contribution in [1.82, 2.24) is 0 Å². The van der Waals surface area contributed by atoms with Crippen molar-refractivity contribution in [3.63, 3.8) is 0 Å². The van der Waals surface area contributed by atoms with Crippen molar-refractivity contribution < 1.29 is 9.53 Å². The van der Waals surface area contributed by atoms with Gasteiger partial charge in [0.15, 0.2) is 6.61 Å². The van der Waals surface area contributed by atoms with Gasteiger partial charge in [-0.2, -0.15) is 0 Å². The molecule has 0 radical (unpaired) electrons. The lowest BCUT2D eigenvalue weighted by Crippen LogP contribution is -2.20. The van der Waals surface area contributed by atoms with Crippen LogP contribution in [-0.4, -0.2) is 12.5 Å². The van der Waals surface area contributed by atoms with E-state index in [1.54, 1.807) is 24.3 Å². The van der Waals surface area contributed by atoms with E-state index < -0.39 is 0 Å². The average Bonchev–Trinajstić information content (AvgIpc) is 2.55. The maximum Gasteiger partial charge on any atom is 0.262 e. The van der Waals surface area contributed by atoms with Gasteiger partial charge in [-0.25, -0.2) is 0 Å². The minimum atomic E-state index is -0.219. The molecule has 3 aromatic carbocycles. The highest BCUT2D eigenvalue weighted by atomic mass is 79.9. The van der Waals surface area contributed by atoms with Crippen molar-refractivity contribution in [3.05, 3.63) is 70.2 Å². The topological polar surface area (TPSA) is 38.3 Å². The summed E-state index contributed by atoms with van der Waals surface area (Å²) in [5.74, 6) is 0.439. The molecule has 0 aromatic heterocycles. The number of ether oxygens (including phenoxy) is 1. The minimum Gasteiger partial charge on any atom is -0.484 e. The third kappa shape index (κ3) is 4.24. The number of fused-ring (bicyclic) bond motifs is 1. The second kappa shape index (κ2) is 7.02. The van der Waals surface area contributed by atoms with Crippen LogP contribution in [0.1, 0.15) is 0 Å². The van der Waals surface area contributed by atoms with E-state index in [2.05, 4.69) is 21.2 Å². The molecular weight excluding hydrogens is 378 g/mol. The Morgan fingerprint density at radius 3 is 2.48 bits per heavy atom. The van der Waals surface area contributed by atoms with Crippen LogP contribution in [0.15, 0.2) is 65.1 Å². The van der Waals surface area contributed by atoms with Gasteiger partial charge >= 0.3 is 0 Å². The standard InChI is InChI=1S/C18H13BrClNO2/c19-14-3-1-13-10-17(8-2-12(13)9-14)23-11-18(22)21-16-6-4-15(20)5-7-16/h1-10H,11H2,(H,21,22). The lowest BCUT2D eigenvalue weighted by molar-refractivity contribution is -0.118. The fourth-order valence-electron chi connectivity index (χ4n) is 2.16. The number of halogens is 2. The van der Waals surface area contributed by atoms with E-state index in [4.69, 9.17) is 16.3 Å². The molecule has 0 bridgehead atoms. The molecule has 0 heterocycles. The molecule has 3 rings (SSSR count). The van der Waals surface area contributed by atoms with Gasteiger partial charge in [0.2, 0.25) is 0 Å². The van der Waals surface area contributed by atoms with Gasteiger partial charge in [-0.3, -0.25) is 4.79 Å². The highest BCUT2D eigenvalue weighted by molar-refractivity contribution is 9.10. The Balaban J connectivity index is 1.62. The molecule has 0 aliphatic rings. The zero-order valence-electron chi connectivity index (χ0n) is 12.1. The minimum absolute atomic E-state index is 0.0509. The van der Waals surface area contributed by atoms with Crippen LogP contribution in [0.2, 0.25) is 5.02 Å². The monoisotopic (exact) mass is 389 g/mol. The number of nitrogens with one attached hydrogen (secondary N) is 1. The van der Waals surface area contributed by atoms with Crippen LogP contribution in [0, 0.1) is 0 Å². The number of hydrogen-bond acceptors (Lipinski definition) is 2. The number of rotatable bonds is 4. The number of hydrogen-bond donors (Lipinski definition) is 1. The molecule has 0 aliphatic heterocycles. The summed E-state index contributed by atoms with van der Waals surface area (Å²) < 4.78 is 6.58. The van der Waals surface area contributed by atoms with Crippen LogP contribution in [0.4, 0.5) is 5.69 Å². The summed E-state index contributed by atoms with van der Waals surface area (Å²) in [6.07, 6.45) is 0. The first kappa shape index (κ1) is 15.8. The molecule has 23 heavy (non-hydrogen) atoms. The molecule has 1 N–H and O–H groups in total. The highest BCUT2D eigenvalue weighted by Crippen LogP contribution is 2.24. The van der Waals surface area contributed by atoms with E-state index in [1.165, 1.54) is 0 Å². The molecule has 3 nitrogen and oxygen atoms in total. The van der Waals surface area contributed by atoms with Gasteiger partial charge in [-0.05, 0) is 59.3 Å². The van der Waals surface area contributed by atoms with Gasteiger partial charge < -0.3 is 10.1 Å². The second-order valence-corrected chi connectivity index (χ2v) is 6.35. The molecule has 0 fully saturated rings. The van der Waals surface area contributed by atoms with Crippen molar-refractivity contribution in [2.24, 2.45) is 0 Å². The molecule has 0 saturated heterocycles. The number of carbonyl (C=O) groups is 1.